The Morgan fingerprint density at radius 3 is 1.69 bits per heavy atom. The summed E-state index contributed by atoms with van der Waals surface area (Å²) >= 11 is 0. The number of hydrogen-bond donors (Lipinski definition) is 0. The van der Waals surface area contributed by atoms with Gasteiger partial charge in [-0.3, -0.25) is 0 Å². The third-order valence-electron chi connectivity index (χ3n) is 5.03. The van der Waals surface area contributed by atoms with Gasteiger partial charge in [-0.05, 0) is 78.4 Å². The lowest BCUT2D eigenvalue weighted by atomic mass is 10.0. The first-order valence-electron chi connectivity index (χ1n) is 10.6. The highest BCUT2D eigenvalue weighted by atomic mass is 14.0. The Bertz CT molecular complexity index is 1060. The van der Waals surface area contributed by atoms with Gasteiger partial charge in [0, 0.05) is 22.3 Å². The summed E-state index contributed by atoms with van der Waals surface area (Å²) in [6, 6.07) is 23.4. The van der Waals surface area contributed by atoms with Crippen molar-refractivity contribution in [2.45, 2.75) is 46.5 Å². The molecule has 0 saturated carbocycles. The number of aryl methyl sites for hydroxylation is 3. The molecule has 0 radical (unpaired) electrons. The molecule has 0 aromatic heterocycles. The van der Waals surface area contributed by atoms with Crippen LogP contribution >= 0.6 is 0 Å². The van der Waals surface area contributed by atoms with Gasteiger partial charge in [-0.2, -0.15) is 0 Å². The summed E-state index contributed by atoms with van der Waals surface area (Å²) in [7, 11) is 0. The molecule has 144 valence electrons. The fourth-order valence-corrected chi connectivity index (χ4v) is 3.24. The highest BCUT2D eigenvalue weighted by Crippen LogP contribution is 2.13. The molecule has 0 unspecified atom stereocenters. The van der Waals surface area contributed by atoms with Crippen LogP contribution in [0, 0.1) is 23.7 Å². The fourth-order valence-electron chi connectivity index (χ4n) is 3.24. The lowest BCUT2D eigenvalue weighted by Gasteiger charge is -2.02. The molecule has 0 amide bonds. The van der Waals surface area contributed by atoms with E-state index in [1.54, 1.807) is 0 Å². The van der Waals surface area contributed by atoms with Gasteiger partial charge < -0.3 is 0 Å². The minimum Gasteiger partial charge on any atom is -0.0651 e. The zero-order valence-corrected chi connectivity index (χ0v) is 17.7. The van der Waals surface area contributed by atoms with Crippen molar-refractivity contribution in [1.82, 2.24) is 0 Å². The van der Waals surface area contributed by atoms with Gasteiger partial charge in [0.05, 0.1) is 0 Å². The molecule has 29 heavy (non-hydrogen) atoms. The molecule has 0 heteroatoms. The first kappa shape index (κ1) is 20.5. The molecular weight excluding hydrogens is 348 g/mol. The van der Waals surface area contributed by atoms with E-state index in [9.17, 15) is 0 Å². The lowest BCUT2D eigenvalue weighted by Crippen LogP contribution is -1.90. The number of benzene rings is 3. The Hall–Kier alpha value is -3.22. The summed E-state index contributed by atoms with van der Waals surface area (Å²) < 4.78 is 0. The molecule has 0 atom stereocenters. The van der Waals surface area contributed by atoms with Crippen LogP contribution in [0.5, 0.6) is 0 Å². The second-order valence-corrected chi connectivity index (χ2v) is 7.22. The Balaban J connectivity index is 1.78. The van der Waals surface area contributed by atoms with E-state index in [1.807, 2.05) is 0 Å². The Morgan fingerprint density at radius 2 is 1.10 bits per heavy atom. The van der Waals surface area contributed by atoms with Crippen molar-refractivity contribution in [1.29, 1.82) is 0 Å². The van der Waals surface area contributed by atoms with E-state index in [-0.39, 0.29) is 0 Å². The van der Waals surface area contributed by atoms with E-state index < -0.39 is 0 Å². The number of rotatable bonds is 4. The third-order valence-corrected chi connectivity index (χ3v) is 5.03. The summed E-state index contributed by atoms with van der Waals surface area (Å²) in [4.78, 5) is 0. The van der Waals surface area contributed by atoms with E-state index in [4.69, 9.17) is 0 Å². The molecule has 0 aliphatic heterocycles. The Labute approximate surface area is 176 Å². The van der Waals surface area contributed by atoms with Crippen LogP contribution in [0.25, 0.3) is 0 Å². The molecule has 3 rings (SSSR count). The molecular formula is C29H28. The van der Waals surface area contributed by atoms with Crippen LogP contribution in [0.1, 0.15) is 66.1 Å². The second-order valence-electron chi connectivity index (χ2n) is 7.22. The molecule has 3 aromatic rings. The average molecular weight is 377 g/mol. The quantitative estimate of drug-likeness (QED) is 0.452. The minimum atomic E-state index is 0.945. The van der Waals surface area contributed by atoms with Gasteiger partial charge in [-0.15, -0.1) is 0 Å². The van der Waals surface area contributed by atoms with E-state index in [0.29, 0.717) is 0 Å². The molecule has 0 heterocycles. The molecule has 0 nitrogen and oxygen atoms in total. The molecule has 0 aliphatic carbocycles. The SMILES string of the molecule is CCCc1ccc(C#Cc2ccc(C#Cc3ccc(CC)cc3)cc2CC)cc1. The van der Waals surface area contributed by atoms with E-state index in [1.165, 1.54) is 23.1 Å². The van der Waals surface area contributed by atoms with Gasteiger partial charge in [0.1, 0.15) is 0 Å². The minimum absolute atomic E-state index is 0.945. The molecule has 0 fully saturated rings. The predicted octanol–water partition coefficient (Wildman–Crippen LogP) is 6.56. The van der Waals surface area contributed by atoms with Crippen molar-refractivity contribution in [3.05, 3.63) is 106 Å². The van der Waals surface area contributed by atoms with Crippen LogP contribution in [0.4, 0.5) is 0 Å². The summed E-state index contributed by atoms with van der Waals surface area (Å²) in [6.07, 6.45) is 4.29. The van der Waals surface area contributed by atoms with Crippen LogP contribution in [0.15, 0.2) is 66.7 Å². The molecule has 0 N–H and O–H groups in total. The maximum Gasteiger partial charge on any atom is 0.0281 e. The Kier molecular flexibility index (Phi) is 7.33. The van der Waals surface area contributed by atoms with Crippen molar-refractivity contribution >= 4 is 0 Å². The second kappa shape index (κ2) is 10.4. The molecule has 0 bridgehead atoms. The fraction of sp³-hybridized carbons (Fsp3) is 0.241. The summed E-state index contributed by atoms with van der Waals surface area (Å²) in [5, 5.41) is 0. The summed E-state index contributed by atoms with van der Waals surface area (Å²) in [6.45, 7) is 6.54. The Morgan fingerprint density at radius 1 is 0.552 bits per heavy atom. The van der Waals surface area contributed by atoms with Gasteiger partial charge in [0.15, 0.2) is 0 Å². The van der Waals surface area contributed by atoms with Gasteiger partial charge in [0.25, 0.3) is 0 Å². The zero-order chi connectivity index (χ0) is 20.5. The molecule has 0 spiro atoms. The first-order chi connectivity index (χ1) is 14.2. The van der Waals surface area contributed by atoms with Crippen molar-refractivity contribution in [2.75, 3.05) is 0 Å². The summed E-state index contributed by atoms with van der Waals surface area (Å²) in [5.74, 6) is 13.2. The zero-order valence-electron chi connectivity index (χ0n) is 17.7. The van der Waals surface area contributed by atoms with E-state index in [0.717, 1.165) is 41.5 Å². The largest absolute Gasteiger partial charge is 0.0651 e. The molecule has 3 aromatic carbocycles. The number of hydrogen-bond acceptors (Lipinski definition) is 0. The van der Waals surface area contributed by atoms with Crippen LogP contribution in [0.2, 0.25) is 0 Å². The van der Waals surface area contributed by atoms with E-state index >= 15 is 0 Å². The topological polar surface area (TPSA) is 0 Å². The van der Waals surface area contributed by atoms with Gasteiger partial charge >= 0.3 is 0 Å². The highest BCUT2D eigenvalue weighted by Gasteiger charge is 2.00. The monoisotopic (exact) mass is 376 g/mol. The van der Waals surface area contributed by atoms with E-state index in [2.05, 4.69) is 111 Å². The van der Waals surface area contributed by atoms with Crippen LogP contribution in [0.3, 0.4) is 0 Å². The maximum absolute atomic E-state index is 3.35. The molecule has 0 aliphatic rings. The smallest absolute Gasteiger partial charge is 0.0281 e. The standard InChI is InChI=1S/C29H28/c1-4-7-24-12-14-26(15-13-24)18-20-29-21-19-27(22-28(29)6-3)17-16-25-10-8-23(5-2)9-11-25/h8-15,19,21-22H,4-7H2,1-3H3. The van der Waals surface area contributed by atoms with Crippen molar-refractivity contribution in [3.63, 3.8) is 0 Å². The summed E-state index contributed by atoms with van der Waals surface area (Å²) in [5.41, 5.74) is 8.19. The van der Waals surface area contributed by atoms with Gasteiger partial charge in [0.2, 0.25) is 0 Å². The van der Waals surface area contributed by atoms with Crippen molar-refractivity contribution in [3.8, 4) is 23.7 Å². The van der Waals surface area contributed by atoms with Gasteiger partial charge in [-0.25, -0.2) is 0 Å². The van der Waals surface area contributed by atoms with Gasteiger partial charge in [-0.1, -0.05) is 75.1 Å². The average Bonchev–Trinajstić information content (AvgIpc) is 2.78. The maximum atomic E-state index is 3.35. The van der Waals surface area contributed by atoms with Crippen molar-refractivity contribution in [2.24, 2.45) is 0 Å². The predicted molar refractivity (Wildman–Crippen MR) is 124 cm³/mol. The van der Waals surface area contributed by atoms with Crippen LogP contribution in [-0.2, 0) is 19.3 Å². The lowest BCUT2D eigenvalue weighted by molar-refractivity contribution is 0.922. The molecule has 0 saturated heterocycles. The van der Waals surface area contributed by atoms with Crippen LogP contribution < -0.4 is 0 Å². The third kappa shape index (κ3) is 5.88. The first-order valence-corrected chi connectivity index (χ1v) is 10.6. The van der Waals surface area contributed by atoms with Crippen molar-refractivity contribution < 1.29 is 0 Å². The normalized spacial score (nSPS) is 9.90. The van der Waals surface area contributed by atoms with Crippen LogP contribution in [-0.4, -0.2) is 0 Å². The highest BCUT2D eigenvalue weighted by molar-refractivity contribution is 5.52.